The third kappa shape index (κ3) is 4.98. The standard InChI is InChI=1S/C26H28N2O5S3/c1-27(2)23-13-5-11-21-19(23)9-7-15-25(21)35(30,31)17-34(29)18-36(32,33)26-16-8-10-20-22(26)12-6-14-24(20)28(3)4/h5-16H,17-18H2,1-4H3. The second kappa shape index (κ2) is 9.84. The first-order chi connectivity index (χ1) is 16.9. The Balaban J connectivity index is 1.67. The number of sulfone groups is 2. The molecule has 0 spiro atoms. The van der Waals surface area contributed by atoms with Crippen LogP contribution in [0.3, 0.4) is 0 Å². The van der Waals surface area contributed by atoms with Gasteiger partial charge in [-0.25, -0.2) is 16.8 Å². The maximum atomic E-state index is 13.3. The smallest absolute Gasteiger partial charge is 0.190 e. The summed E-state index contributed by atoms with van der Waals surface area (Å²) in [5.41, 5.74) is 1.70. The highest BCUT2D eigenvalue weighted by molar-refractivity contribution is 8.12. The van der Waals surface area contributed by atoms with Gasteiger partial charge in [0.25, 0.3) is 0 Å². The Morgan fingerprint density at radius 3 is 1.25 bits per heavy atom. The fourth-order valence-corrected chi connectivity index (χ4v) is 10.6. The summed E-state index contributed by atoms with van der Waals surface area (Å²) in [6.45, 7) is 0. The molecule has 0 saturated heterocycles. The van der Waals surface area contributed by atoms with Crippen LogP contribution < -0.4 is 9.80 Å². The van der Waals surface area contributed by atoms with Gasteiger partial charge in [-0.2, -0.15) is 0 Å². The monoisotopic (exact) mass is 544 g/mol. The Kier molecular flexibility index (Phi) is 7.14. The first-order valence-corrected chi connectivity index (χ1v) is 15.9. The molecular weight excluding hydrogens is 516 g/mol. The van der Waals surface area contributed by atoms with E-state index in [0.717, 1.165) is 22.1 Å². The van der Waals surface area contributed by atoms with Crippen LogP contribution in [0.15, 0.2) is 82.6 Å². The summed E-state index contributed by atoms with van der Waals surface area (Å²) in [5, 5.41) is 0.933. The van der Waals surface area contributed by atoms with Crippen LogP contribution >= 0.6 is 0 Å². The van der Waals surface area contributed by atoms with Crippen molar-refractivity contribution in [3.63, 3.8) is 0 Å². The van der Waals surface area contributed by atoms with Gasteiger partial charge in [0, 0.05) is 61.1 Å². The summed E-state index contributed by atoms with van der Waals surface area (Å²) in [6.07, 6.45) is 0. The van der Waals surface area contributed by atoms with Crippen LogP contribution in [0.2, 0.25) is 0 Å². The molecule has 0 bridgehead atoms. The van der Waals surface area contributed by atoms with E-state index in [0.29, 0.717) is 10.8 Å². The molecule has 0 heterocycles. The Bertz CT molecular complexity index is 1570. The molecule has 4 aromatic rings. The van der Waals surface area contributed by atoms with E-state index in [9.17, 15) is 21.0 Å². The van der Waals surface area contributed by atoms with Crippen molar-refractivity contribution in [1.82, 2.24) is 0 Å². The fourth-order valence-electron chi connectivity index (χ4n) is 4.36. The molecule has 7 nitrogen and oxygen atoms in total. The molecule has 36 heavy (non-hydrogen) atoms. The number of hydrogen-bond donors (Lipinski definition) is 0. The van der Waals surface area contributed by atoms with Gasteiger partial charge in [0.2, 0.25) is 0 Å². The molecule has 0 atom stereocenters. The summed E-state index contributed by atoms with van der Waals surface area (Å²) < 4.78 is 66.1. The van der Waals surface area contributed by atoms with Gasteiger partial charge in [0.05, 0.1) is 20.6 Å². The molecule has 0 unspecified atom stereocenters. The third-order valence-electron chi connectivity index (χ3n) is 5.93. The van der Waals surface area contributed by atoms with Crippen molar-refractivity contribution in [2.45, 2.75) is 9.79 Å². The Hall–Kier alpha value is -2.95. The van der Waals surface area contributed by atoms with E-state index in [2.05, 4.69) is 0 Å². The maximum absolute atomic E-state index is 13.3. The van der Waals surface area contributed by atoms with Crippen LogP contribution in [0.4, 0.5) is 11.4 Å². The minimum Gasteiger partial charge on any atom is -0.377 e. The molecule has 0 aromatic heterocycles. The lowest BCUT2D eigenvalue weighted by Gasteiger charge is -2.17. The number of fused-ring (bicyclic) bond motifs is 2. The van der Waals surface area contributed by atoms with Gasteiger partial charge in [-0.05, 0) is 24.3 Å². The molecule has 10 heteroatoms. The van der Waals surface area contributed by atoms with Crippen LogP contribution in [0, 0.1) is 0 Å². The molecule has 4 aromatic carbocycles. The van der Waals surface area contributed by atoms with E-state index in [1.54, 1.807) is 36.4 Å². The van der Waals surface area contributed by atoms with Crippen molar-refractivity contribution in [2.75, 3.05) is 48.2 Å². The fraction of sp³-hybridized carbons (Fsp3) is 0.231. The average Bonchev–Trinajstić information content (AvgIpc) is 2.81. The quantitative estimate of drug-likeness (QED) is 0.331. The number of anilines is 2. The number of benzene rings is 4. The van der Waals surface area contributed by atoms with E-state index in [4.69, 9.17) is 0 Å². The van der Waals surface area contributed by atoms with Gasteiger partial charge in [-0.3, -0.25) is 4.21 Å². The van der Waals surface area contributed by atoms with Crippen molar-refractivity contribution in [3.8, 4) is 0 Å². The van der Waals surface area contributed by atoms with Crippen molar-refractivity contribution >= 4 is 63.4 Å². The van der Waals surface area contributed by atoms with Gasteiger partial charge >= 0.3 is 0 Å². The molecule has 0 fully saturated rings. The minimum atomic E-state index is -4.03. The molecule has 0 amide bonds. The Morgan fingerprint density at radius 2 is 0.889 bits per heavy atom. The zero-order chi connectivity index (χ0) is 26.3. The normalized spacial score (nSPS) is 12.4. The first kappa shape index (κ1) is 26.1. The molecule has 0 aliphatic carbocycles. The highest BCUT2D eigenvalue weighted by Gasteiger charge is 2.27. The predicted molar refractivity (Wildman–Crippen MR) is 149 cm³/mol. The summed E-state index contributed by atoms with van der Waals surface area (Å²) in [6, 6.07) is 20.6. The van der Waals surface area contributed by atoms with E-state index in [1.807, 2.05) is 62.3 Å². The lowest BCUT2D eigenvalue weighted by Crippen LogP contribution is -2.20. The maximum Gasteiger partial charge on any atom is 0.190 e. The molecular formula is C26H28N2O5S3. The second-order valence-electron chi connectivity index (χ2n) is 8.95. The number of rotatable bonds is 8. The largest absolute Gasteiger partial charge is 0.377 e. The zero-order valence-electron chi connectivity index (χ0n) is 20.5. The third-order valence-corrected chi connectivity index (χ3v) is 12.6. The topological polar surface area (TPSA) is 91.8 Å². The van der Waals surface area contributed by atoms with E-state index in [-0.39, 0.29) is 9.79 Å². The summed E-state index contributed by atoms with van der Waals surface area (Å²) >= 11 is 0. The highest BCUT2D eigenvalue weighted by atomic mass is 32.3. The van der Waals surface area contributed by atoms with Crippen molar-refractivity contribution < 1.29 is 21.0 Å². The molecule has 4 rings (SSSR count). The van der Waals surface area contributed by atoms with Gasteiger partial charge in [-0.1, -0.05) is 48.5 Å². The Labute approximate surface area is 214 Å². The lowest BCUT2D eigenvalue weighted by molar-refractivity contribution is 0.601. The van der Waals surface area contributed by atoms with Gasteiger partial charge < -0.3 is 9.80 Å². The molecule has 0 aliphatic heterocycles. The Morgan fingerprint density at radius 1 is 0.556 bits per heavy atom. The minimum absolute atomic E-state index is 0.0373. The SMILES string of the molecule is CN(C)c1cccc2c(S(=O)(=O)CS(=O)CS(=O)(=O)c3cccc4c(N(C)C)cccc34)cccc12. The summed E-state index contributed by atoms with van der Waals surface area (Å²) in [5.74, 6) is 0. The summed E-state index contributed by atoms with van der Waals surface area (Å²) in [7, 11) is -2.77. The van der Waals surface area contributed by atoms with Crippen molar-refractivity contribution in [3.05, 3.63) is 72.8 Å². The molecule has 190 valence electrons. The first-order valence-electron chi connectivity index (χ1n) is 11.1. The van der Waals surface area contributed by atoms with Crippen molar-refractivity contribution in [2.24, 2.45) is 0 Å². The van der Waals surface area contributed by atoms with E-state index in [1.165, 1.54) is 12.1 Å². The zero-order valence-corrected chi connectivity index (χ0v) is 23.0. The lowest BCUT2D eigenvalue weighted by atomic mass is 10.1. The van der Waals surface area contributed by atoms with E-state index < -0.39 is 40.6 Å². The summed E-state index contributed by atoms with van der Waals surface area (Å²) in [4.78, 5) is 3.84. The second-order valence-corrected chi connectivity index (χ2v) is 15.1. The van der Waals surface area contributed by atoms with Gasteiger partial charge in [-0.15, -0.1) is 0 Å². The van der Waals surface area contributed by atoms with Crippen LogP contribution in [0.25, 0.3) is 21.5 Å². The average molecular weight is 545 g/mol. The van der Waals surface area contributed by atoms with Crippen LogP contribution in [-0.2, 0) is 30.5 Å². The number of nitrogens with zero attached hydrogens (tertiary/aromatic N) is 2. The van der Waals surface area contributed by atoms with E-state index >= 15 is 0 Å². The molecule has 0 aliphatic rings. The highest BCUT2D eigenvalue weighted by Crippen LogP contribution is 2.33. The molecule has 0 N–H and O–H groups in total. The van der Waals surface area contributed by atoms with Crippen molar-refractivity contribution in [1.29, 1.82) is 0 Å². The van der Waals surface area contributed by atoms with Gasteiger partial charge in [0.15, 0.2) is 19.7 Å². The van der Waals surface area contributed by atoms with Gasteiger partial charge in [0.1, 0.15) is 10.2 Å². The predicted octanol–water partition coefficient (Wildman–Crippen LogP) is 4.04. The molecule has 0 saturated carbocycles. The van der Waals surface area contributed by atoms with Crippen LogP contribution in [0.5, 0.6) is 0 Å². The van der Waals surface area contributed by atoms with Crippen LogP contribution in [-0.4, -0.2) is 59.4 Å². The number of hydrogen-bond acceptors (Lipinski definition) is 7. The van der Waals surface area contributed by atoms with Crippen LogP contribution in [0.1, 0.15) is 0 Å². The molecule has 0 radical (unpaired) electrons.